The summed E-state index contributed by atoms with van der Waals surface area (Å²) in [6.07, 6.45) is 58.4. The van der Waals surface area contributed by atoms with Crippen LogP contribution in [0.2, 0.25) is 0 Å². The van der Waals surface area contributed by atoms with Crippen LogP contribution in [0.15, 0.2) is 60.8 Å². The Morgan fingerprint density at radius 3 is 1.35 bits per heavy atom. The van der Waals surface area contributed by atoms with Crippen LogP contribution in [0.1, 0.15) is 245 Å². The second-order valence-electron chi connectivity index (χ2n) is 17.3. The lowest BCUT2D eigenvalue weighted by Crippen LogP contribution is -2.46. The molecule has 0 bridgehead atoms. The molecule has 1 amide bonds. The van der Waals surface area contributed by atoms with Crippen LogP contribution in [-0.4, -0.2) is 46.9 Å². The molecule has 0 rings (SSSR count). The van der Waals surface area contributed by atoms with Crippen LogP contribution < -0.4 is 5.32 Å². The van der Waals surface area contributed by atoms with E-state index in [4.69, 9.17) is 4.74 Å². The van der Waals surface area contributed by atoms with Crippen molar-refractivity contribution in [3.05, 3.63) is 60.8 Å². The van der Waals surface area contributed by atoms with Crippen molar-refractivity contribution >= 4 is 11.9 Å². The zero-order valence-corrected chi connectivity index (χ0v) is 39.6. The van der Waals surface area contributed by atoms with Crippen LogP contribution in [0.4, 0.5) is 0 Å². The lowest BCUT2D eigenvalue weighted by atomic mass is 10.0. The maximum Gasteiger partial charge on any atom is 0.306 e. The Morgan fingerprint density at radius 2 is 0.883 bits per heavy atom. The van der Waals surface area contributed by atoms with Gasteiger partial charge in [0.25, 0.3) is 0 Å². The van der Waals surface area contributed by atoms with Crippen molar-refractivity contribution in [2.24, 2.45) is 0 Å². The van der Waals surface area contributed by atoms with Gasteiger partial charge in [0.15, 0.2) is 0 Å². The standard InChI is InChI=1S/C54H97NO5/c1-4-7-10-13-16-19-22-24-26-27-28-31-33-36-39-42-45-50(60-54(59)47-44-41-38-35-32-29-25-23-20-17-14-11-8-5-2)48-53(58)55-51(49-56)52(57)46-43-40-37-34-30-21-18-15-12-9-6-3/h10,13,16,19,22,24,26-28,31,50-52,56-57H,4-9,11-12,14-15,17-18,20-21,23,25,29-30,32-49H2,1-3H3,(H,55,58)/b13-10+,19-16+,24-22+,27-26+,31-28+. The predicted octanol–water partition coefficient (Wildman–Crippen LogP) is 15.2. The summed E-state index contributed by atoms with van der Waals surface area (Å²) in [6, 6.07) is -0.715. The molecule has 0 aromatic rings. The highest BCUT2D eigenvalue weighted by atomic mass is 16.5. The van der Waals surface area contributed by atoms with E-state index in [0.29, 0.717) is 19.3 Å². The molecule has 0 saturated carbocycles. The number of ether oxygens (including phenoxy) is 1. The summed E-state index contributed by atoms with van der Waals surface area (Å²) in [5, 5.41) is 23.7. The van der Waals surface area contributed by atoms with Gasteiger partial charge in [0.05, 0.1) is 25.2 Å². The van der Waals surface area contributed by atoms with E-state index in [1.54, 1.807) is 0 Å². The first-order valence-electron chi connectivity index (χ1n) is 25.6. The maximum absolute atomic E-state index is 13.2. The summed E-state index contributed by atoms with van der Waals surface area (Å²) in [5.41, 5.74) is 0. The molecule has 0 aliphatic rings. The molecule has 0 heterocycles. The zero-order valence-electron chi connectivity index (χ0n) is 39.6. The summed E-state index contributed by atoms with van der Waals surface area (Å²) in [4.78, 5) is 26.1. The molecule has 0 aromatic heterocycles. The number of allylic oxidation sites excluding steroid dienone is 10. The molecule has 6 nitrogen and oxygen atoms in total. The summed E-state index contributed by atoms with van der Waals surface area (Å²) >= 11 is 0. The van der Waals surface area contributed by atoms with Gasteiger partial charge < -0.3 is 20.3 Å². The lowest BCUT2D eigenvalue weighted by molar-refractivity contribution is -0.151. The highest BCUT2D eigenvalue weighted by Crippen LogP contribution is 2.18. The minimum atomic E-state index is -0.799. The second kappa shape index (κ2) is 47.6. The summed E-state index contributed by atoms with van der Waals surface area (Å²) in [5.74, 6) is -0.511. The fourth-order valence-corrected chi connectivity index (χ4v) is 7.58. The Hall–Kier alpha value is -2.44. The molecule has 0 fully saturated rings. The molecule has 348 valence electrons. The first kappa shape index (κ1) is 57.6. The van der Waals surface area contributed by atoms with Crippen molar-refractivity contribution < 1.29 is 24.5 Å². The number of esters is 1. The number of carbonyl (C=O) groups is 2. The maximum atomic E-state index is 13.2. The Balaban J connectivity index is 4.69. The quantitative estimate of drug-likeness (QED) is 0.0322. The highest BCUT2D eigenvalue weighted by molar-refractivity contribution is 5.77. The van der Waals surface area contributed by atoms with Gasteiger partial charge in [-0.1, -0.05) is 248 Å². The van der Waals surface area contributed by atoms with E-state index in [1.807, 2.05) is 36.5 Å². The van der Waals surface area contributed by atoms with E-state index >= 15 is 0 Å². The third kappa shape index (κ3) is 42.3. The van der Waals surface area contributed by atoms with Gasteiger partial charge in [-0.3, -0.25) is 9.59 Å². The molecular weight excluding hydrogens is 743 g/mol. The molecule has 0 aromatic carbocycles. The normalized spacial score (nSPS) is 13.8. The minimum Gasteiger partial charge on any atom is -0.462 e. The van der Waals surface area contributed by atoms with Crippen LogP contribution in [0.3, 0.4) is 0 Å². The molecule has 0 aliphatic carbocycles. The molecule has 0 spiro atoms. The molecular formula is C54H97NO5. The number of aliphatic hydroxyl groups is 2. The average molecular weight is 840 g/mol. The summed E-state index contributed by atoms with van der Waals surface area (Å²) < 4.78 is 5.92. The lowest BCUT2D eigenvalue weighted by Gasteiger charge is -2.24. The van der Waals surface area contributed by atoms with Crippen molar-refractivity contribution in [2.45, 2.75) is 264 Å². The van der Waals surface area contributed by atoms with E-state index in [9.17, 15) is 19.8 Å². The monoisotopic (exact) mass is 840 g/mol. The number of nitrogens with one attached hydrogen (secondary N) is 1. The Bertz CT molecular complexity index is 1080. The van der Waals surface area contributed by atoms with Gasteiger partial charge in [-0.25, -0.2) is 0 Å². The van der Waals surface area contributed by atoms with Crippen LogP contribution in [0.5, 0.6) is 0 Å². The minimum absolute atomic E-state index is 0.0502. The van der Waals surface area contributed by atoms with Gasteiger partial charge >= 0.3 is 5.97 Å². The topological polar surface area (TPSA) is 95.9 Å². The van der Waals surface area contributed by atoms with E-state index in [1.165, 1.54) is 128 Å². The van der Waals surface area contributed by atoms with E-state index < -0.39 is 18.2 Å². The summed E-state index contributed by atoms with van der Waals surface area (Å²) in [7, 11) is 0. The van der Waals surface area contributed by atoms with Crippen LogP contribution in [-0.2, 0) is 14.3 Å². The first-order chi connectivity index (χ1) is 29.5. The molecule has 60 heavy (non-hydrogen) atoms. The van der Waals surface area contributed by atoms with Gasteiger partial charge in [0.1, 0.15) is 6.10 Å². The van der Waals surface area contributed by atoms with Gasteiger partial charge in [0, 0.05) is 6.42 Å². The predicted molar refractivity (Wildman–Crippen MR) is 259 cm³/mol. The number of unbranched alkanes of at least 4 members (excludes halogenated alkanes) is 27. The van der Waals surface area contributed by atoms with Crippen LogP contribution >= 0.6 is 0 Å². The molecule has 0 radical (unpaired) electrons. The highest BCUT2D eigenvalue weighted by Gasteiger charge is 2.24. The zero-order chi connectivity index (χ0) is 43.8. The summed E-state index contributed by atoms with van der Waals surface area (Å²) in [6.45, 7) is 6.38. The number of aliphatic hydroxyl groups excluding tert-OH is 2. The fourth-order valence-electron chi connectivity index (χ4n) is 7.58. The van der Waals surface area contributed by atoms with E-state index in [-0.39, 0.29) is 24.9 Å². The van der Waals surface area contributed by atoms with Gasteiger partial charge in [0.2, 0.25) is 5.91 Å². The SMILES string of the molecule is CCC/C=C/C=C/C=C/C=C/C=C/CCCCCC(CC(=O)NC(CO)C(O)CCCCCCCCCCCCC)OC(=O)CCCCCCCCCCCCCCCC. The molecule has 0 aliphatic heterocycles. The first-order valence-corrected chi connectivity index (χ1v) is 25.6. The number of hydrogen-bond donors (Lipinski definition) is 3. The van der Waals surface area contributed by atoms with Crippen molar-refractivity contribution in [1.29, 1.82) is 0 Å². The molecule has 3 unspecified atom stereocenters. The Labute approximate surface area is 371 Å². The molecule has 6 heteroatoms. The van der Waals surface area contributed by atoms with Crippen LogP contribution in [0.25, 0.3) is 0 Å². The average Bonchev–Trinajstić information content (AvgIpc) is 3.24. The Morgan fingerprint density at radius 1 is 0.483 bits per heavy atom. The number of carbonyl (C=O) groups excluding carboxylic acids is 2. The fraction of sp³-hybridized carbons (Fsp3) is 0.778. The van der Waals surface area contributed by atoms with Gasteiger partial charge in [-0.15, -0.1) is 0 Å². The van der Waals surface area contributed by atoms with Crippen molar-refractivity contribution in [3.63, 3.8) is 0 Å². The third-order valence-corrected chi connectivity index (χ3v) is 11.5. The second-order valence-corrected chi connectivity index (χ2v) is 17.3. The number of rotatable bonds is 45. The van der Waals surface area contributed by atoms with Crippen molar-refractivity contribution in [1.82, 2.24) is 5.32 Å². The van der Waals surface area contributed by atoms with Gasteiger partial charge in [-0.2, -0.15) is 0 Å². The van der Waals surface area contributed by atoms with Crippen LogP contribution in [0, 0.1) is 0 Å². The van der Waals surface area contributed by atoms with Crippen molar-refractivity contribution in [2.75, 3.05) is 6.61 Å². The molecule has 3 N–H and O–H groups in total. The largest absolute Gasteiger partial charge is 0.462 e. The third-order valence-electron chi connectivity index (χ3n) is 11.5. The molecule has 0 saturated heterocycles. The number of hydrogen-bond acceptors (Lipinski definition) is 5. The smallest absolute Gasteiger partial charge is 0.306 e. The Kier molecular flexibility index (Phi) is 45.7. The van der Waals surface area contributed by atoms with Crippen molar-refractivity contribution in [3.8, 4) is 0 Å². The van der Waals surface area contributed by atoms with E-state index in [0.717, 1.165) is 70.6 Å². The number of amides is 1. The molecule has 3 atom stereocenters. The van der Waals surface area contributed by atoms with Gasteiger partial charge in [-0.05, 0) is 44.9 Å². The van der Waals surface area contributed by atoms with E-state index in [2.05, 4.69) is 50.4 Å².